The Hall–Kier alpha value is -6.16. The van der Waals surface area contributed by atoms with Gasteiger partial charge in [0.1, 0.15) is 11.5 Å². The van der Waals surface area contributed by atoms with Gasteiger partial charge in [0.2, 0.25) is 0 Å². The summed E-state index contributed by atoms with van der Waals surface area (Å²) in [5.41, 5.74) is 5.74. The second kappa shape index (κ2) is 11.9. The summed E-state index contributed by atoms with van der Waals surface area (Å²) in [5, 5.41) is 0. The van der Waals surface area contributed by atoms with Gasteiger partial charge >= 0.3 is 35.8 Å². The van der Waals surface area contributed by atoms with Gasteiger partial charge < -0.3 is 18.9 Å². The molecule has 48 heavy (non-hydrogen) atoms. The molecule has 4 aromatic carbocycles. The van der Waals surface area contributed by atoms with Crippen LogP contribution in [0.25, 0.3) is 5.57 Å². The topological polar surface area (TPSA) is 139 Å². The first-order chi connectivity index (χ1) is 23.0. The fourth-order valence-corrected chi connectivity index (χ4v) is 6.18. The van der Waals surface area contributed by atoms with Crippen LogP contribution in [0.15, 0.2) is 78.9 Å². The quantitative estimate of drug-likeness (QED) is 0.127. The molecule has 0 amide bonds. The predicted molar refractivity (Wildman–Crippen MR) is 169 cm³/mol. The highest BCUT2D eigenvalue weighted by Crippen LogP contribution is 2.39. The minimum absolute atomic E-state index is 0.0427. The van der Waals surface area contributed by atoms with Crippen molar-refractivity contribution in [3.8, 4) is 11.5 Å². The van der Waals surface area contributed by atoms with Crippen LogP contribution in [0.3, 0.4) is 0 Å². The summed E-state index contributed by atoms with van der Waals surface area (Å²) < 4.78 is 20.4. The Balaban J connectivity index is 0.987. The lowest BCUT2D eigenvalue weighted by atomic mass is 9.81. The van der Waals surface area contributed by atoms with E-state index >= 15 is 0 Å². The smallest absolute Gasteiger partial charge is 0.346 e. The molecule has 0 spiro atoms. The van der Waals surface area contributed by atoms with Crippen molar-refractivity contribution in [3.63, 3.8) is 0 Å². The fourth-order valence-electron chi connectivity index (χ4n) is 6.18. The molecule has 0 saturated heterocycles. The van der Waals surface area contributed by atoms with Gasteiger partial charge in [0.25, 0.3) is 0 Å². The molecule has 4 aromatic rings. The number of rotatable bonds is 6. The number of carbonyl (C=O) groups excluding carboxylic acids is 6. The van der Waals surface area contributed by atoms with Gasteiger partial charge in [0, 0.05) is 0 Å². The van der Waals surface area contributed by atoms with Crippen molar-refractivity contribution in [2.24, 2.45) is 0 Å². The van der Waals surface area contributed by atoms with Crippen molar-refractivity contribution < 1.29 is 47.7 Å². The van der Waals surface area contributed by atoms with Gasteiger partial charge in [-0.15, -0.1) is 0 Å². The fraction of sp³-hybridized carbons (Fsp3) is 0.158. The first-order valence-electron chi connectivity index (χ1n) is 15.2. The minimum Gasteiger partial charge on any atom is -0.423 e. The molecule has 1 aliphatic carbocycles. The lowest BCUT2D eigenvalue weighted by Gasteiger charge is -2.24. The maximum Gasteiger partial charge on any atom is 0.346 e. The number of aryl methyl sites for hydroxylation is 2. The number of cyclic esters (lactones) is 4. The van der Waals surface area contributed by atoms with E-state index in [1.165, 1.54) is 42.0 Å². The van der Waals surface area contributed by atoms with Gasteiger partial charge in [-0.1, -0.05) is 18.2 Å². The minimum atomic E-state index is -0.786. The zero-order valence-electron chi connectivity index (χ0n) is 25.8. The molecule has 7 rings (SSSR count). The first-order valence-corrected chi connectivity index (χ1v) is 15.2. The molecule has 238 valence electrons. The maximum atomic E-state index is 12.9. The van der Waals surface area contributed by atoms with Gasteiger partial charge in [-0.3, -0.25) is 0 Å². The molecular formula is C38H26O10. The van der Waals surface area contributed by atoms with Gasteiger partial charge in [-0.25, -0.2) is 28.8 Å². The third-order valence-corrected chi connectivity index (χ3v) is 8.80. The molecule has 0 radical (unpaired) electrons. The number of hydrogen-bond acceptors (Lipinski definition) is 10. The van der Waals surface area contributed by atoms with Crippen LogP contribution >= 0.6 is 0 Å². The maximum absolute atomic E-state index is 12.9. The molecule has 1 atom stereocenters. The summed E-state index contributed by atoms with van der Waals surface area (Å²) in [4.78, 5) is 72.7. The number of carbonyl (C=O) groups is 6. The van der Waals surface area contributed by atoms with Crippen LogP contribution in [0, 0.1) is 13.8 Å². The van der Waals surface area contributed by atoms with Crippen LogP contribution in [0.4, 0.5) is 0 Å². The van der Waals surface area contributed by atoms with E-state index in [9.17, 15) is 28.8 Å². The summed E-state index contributed by atoms with van der Waals surface area (Å²) in [5.74, 6) is -3.30. The Morgan fingerprint density at radius 2 is 1.19 bits per heavy atom. The number of hydrogen-bond donors (Lipinski definition) is 0. The Morgan fingerprint density at radius 3 is 1.75 bits per heavy atom. The summed E-state index contributed by atoms with van der Waals surface area (Å²) in [7, 11) is 0. The van der Waals surface area contributed by atoms with E-state index in [0.717, 1.165) is 41.5 Å². The normalized spacial score (nSPS) is 16.5. The summed E-state index contributed by atoms with van der Waals surface area (Å²) in [6, 6.07) is 19.4. The molecule has 0 fully saturated rings. The van der Waals surface area contributed by atoms with Gasteiger partial charge in [0.15, 0.2) is 0 Å². The highest BCUT2D eigenvalue weighted by Gasteiger charge is 2.32. The van der Waals surface area contributed by atoms with Gasteiger partial charge in [-0.2, -0.15) is 0 Å². The lowest BCUT2D eigenvalue weighted by Crippen LogP contribution is -2.11. The second-order valence-corrected chi connectivity index (χ2v) is 11.9. The van der Waals surface area contributed by atoms with Crippen LogP contribution in [0.1, 0.15) is 110 Å². The summed E-state index contributed by atoms with van der Waals surface area (Å²) in [6.07, 6.45) is 4.79. The summed E-state index contributed by atoms with van der Waals surface area (Å²) >= 11 is 0. The van der Waals surface area contributed by atoms with Crippen molar-refractivity contribution in [1.82, 2.24) is 0 Å². The highest BCUT2D eigenvalue weighted by molar-refractivity contribution is 6.16. The first kappa shape index (κ1) is 30.5. The lowest BCUT2D eigenvalue weighted by molar-refractivity contribution is 0.0425. The molecule has 10 nitrogen and oxygen atoms in total. The van der Waals surface area contributed by atoms with Crippen molar-refractivity contribution in [1.29, 1.82) is 0 Å². The number of ether oxygens (including phenoxy) is 4. The Morgan fingerprint density at radius 1 is 0.625 bits per heavy atom. The van der Waals surface area contributed by atoms with E-state index in [1.54, 1.807) is 12.1 Å². The van der Waals surface area contributed by atoms with E-state index in [-0.39, 0.29) is 39.3 Å². The molecule has 3 aliphatic rings. The Labute approximate surface area is 273 Å². The molecule has 2 aliphatic heterocycles. The average Bonchev–Trinajstić information content (AvgIpc) is 3.54. The van der Waals surface area contributed by atoms with Crippen LogP contribution in [-0.4, -0.2) is 35.8 Å². The predicted octanol–water partition coefficient (Wildman–Crippen LogP) is 6.71. The Bertz CT molecular complexity index is 2140. The van der Waals surface area contributed by atoms with E-state index in [4.69, 9.17) is 9.47 Å². The molecule has 1 unspecified atom stereocenters. The summed E-state index contributed by atoms with van der Waals surface area (Å²) in [6.45, 7) is 3.83. The molecule has 0 aromatic heterocycles. The van der Waals surface area contributed by atoms with Crippen molar-refractivity contribution >= 4 is 41.4 Å². The van der Waals surface area contributed by atoms with Crippen molar-refractivity contribution in [3.05, 3.63) is 135 Å². The van der Waals surface area contributed by atoms with E-state index in [1.807, 2.05) is 38.1 Å². The van der Waals surface area contributed by atoms with Gasteiger partial charge in [-0.05, 0) is 128 Å². The number of fused-ring (bicyclic) bond motifs is 2. The average molecular weight is 643 g/mol. The van der Waals surface area contributed by atoms with Crippen molar-refractivity contribution in [2.75, 3.05) is 0 Å². The third kappa shape index (κ3) is 5.57. The van der Waals surface area contributed by atoms with E-state index < -0.39 is 35.8 Å². The largest absolute Gasteiger partial charge is 0.423 e. The third-order valence-electron chi connectivity index (χ3n) is 8.80. The molecule has 0 N–H and O–H groups in total. The standard InChI is InChI=1S/C38H26O10/c1-19-16-32(46-34(40)25-10-14-28-31(18-25)38(44)48-36(28)42)20(2)15-29(19)23-5-3-21(4-6-23)22-7-11-26(12-8-22)45-33(39)24-9-13-27-30(17-24)37(43)47-35(27)41/h5,7-18,21H,3-4,6H2,1-2H3. The molecule has 2 heterocycles. The van der Waals surface area contributed by atoms with E-state index in [0.29, 0.717) is 11.5 Å². The Kier molecular flexibility index (Phi) is 7.55. The number of esters is 6. The number of benzene rings is 4. The van der Waals surface area contributed by atoms with Crippen LogP contribution < -0.4 is 9.47 Å². The highest BCUT2D eigenvalue weighted by atomic mass is 16.6. The zero-order chi connectivity index (χ0) is 33.7. The second-order valence-electron chi connectivity index (χ2n) is 11.9. The SMILES string of the molecule is Cc1cc(C2=CCC(c3ccc(OC(=O)c4ccc5c(c4)C(=O)OC5=O)cc3)CC2)c(C)cc1OC(=O)c1ccc2c(c1)C(=O)OC2=O. The van der Waals surface area contributed by atoms with Crippen LogP contribution in [0.5, 0.6) is 11.5 Å². The number of allylic oxidation sites excluding steroid dienone is 2. The molecular weight excluding hydrogens is 616 g/mol. The molecule has 0 bridgehead atoms. The van der Waals surface area contributed by atoms with Crippen LogP contribution in [-0.2, 0) is 9.47 Å². The van der Waals surface area contributed by atoms with Crippen molar-refractivity contribution in [2.45, 2.75) is 39.0 Å². The van der Waals surface area contributed by atoms with Crippen LogP contribution in [0.2, 0.25) is 0 Å². The van der Waals surface area contributed by atoms with Gasteiger partial charge in [0.05, 0.1) is 33.4 Å². The zero-order valence-corrected chi connectivity index (χ0v) is 25.8. The molecule has 10 heteroatoms. The molecule has 0 saturated carbocycles. The van der Waals surface area contributed by atoms with E-state index in [2.05, 4.69) is 15.5 Å². The monoisotopic (exact) mass is 642 g/mol.